The number of nitrogens with zero attached hydrogens (tertiary/aromatic N) is 2. The molecule has 2 aromatic heterocycles. The van der Waals surface area contributed by atoms with Crippen LogP contribution in [0.3, 0.4) is 0 Å². The maximum absolute atomic E-state index is 12.6. The van der Waals surface area contributed by atoms with Crippen molar-refractivity contribution in [1.29, 1.82) is 0 Å². The normalized spacial score (nSPS) is 10.9. The lowest BCUT2D eigenvalue weighted by atomic mass is 10.1. The SMILES string of the molecule is Cc1cccc2[nH]c(NC(=O)c3ncc(-c4cccc(Oc5ccccc5)c4)[nH]3)nc12. The summed E-state index contributed by atoms with van der Waals surface area (Å²) in [5.41, 5.74) is 4.30. The molecule has 5 rings (SSSR count). The minimum Gasteiger partial charge on any atom is -0.457 e. The molecule has 2 heterocycles. The third-order valence-corrected chi connectivity index (χ3v) is 4.86. The van der Waals surface area contributed by atoms with E-state index in [0.717, 1.165) is 27.9 Å². The molecule has 0 atom stereocenters. The summed E-state index contributed by atoms with van der Waals surface area (Å²) in [6, 6.07) is 23.0. The summed E-state index contributed by atoms with van der Waals surface area (Å²) in [4.78, 5) is 27.5. The van der Waals surface area contributed by atoms with E-state index < -0.39 is 0 Å². The number of H-pyrrole nitrogens is 2. The predicted molar refractivity (Wildman–Crippen MR) is 119 cm³/mol. The molecule has 5 aromatic rings. The molecule has 7 heteroatoms. The van der Waals surface area contributed by atoms with Gasteiger partial charge in [-0.15, -0.1) is 0 Å². The van der Waals surface area contributed by atoms with Crippen molar-refractivity contribution in [2.24, 2.45) is 0 Å². The van der Waals surface area contributed by atoms with E-state index in [1.807, 2.05) is 79.7 Å². The van der Waals surface area contributed by atoms with Crippen molar-refractivity contribution in [1.82, 2.24) is 19.9 Å². The molecule has 0 saturated carbocycles. The molecule has 0 aliphatic heterocycles. The molecule has 7 nitrogen and oxygen atoms in total. The van der Waals surface area contributed by atoms with Gasteiger partial charge in [-0.05, 0) is 42.8 Å². The van der Waals surface area contributed by atoms with Crippen LogP contribution in [0.1, 0.15) is 16.2 Å². The summed E-state index contributed by atoms with van der Waals surface area (Å²) < 4.78 is 5.89. The average molecular weight is 409 g/mol. The van der Waals surface area contributed by atoms with Crippen molar-refractivity contribution in [3.05, 3.63) is 90.4 Å². The molecule has 3 N–H and O–H groups in total. The Labute approximate surface area is 178 Å². The van der Waals surface area contributed by atoms with Crippen LogP contribution >= 0.6 is 0 Å². The fourth-order valence-corrected chi connectivity index (χ4v) is 3.34. The second-order valence-electron chi connectivity index (χ2n) is 7.10. The molecular weight excluding hydrogens is 390 g/mol. The van der Waals surface area contributed by atoms with Gasteiger partial charge in [-0.3, -0.25) is 10.1 Å². The molecule has 31 heavy (non-hydrogen) atoms. The minimum atomic E-state index is -0.375. The van der Waals surface area contributed by atoms with Crippen molar-refractivity contribution in [3.63, 3.8) is 0 Å². The lowest BCUT2D eigenvalue weighted by Gasteiger charge is -2.06. The molecule has 152 valence electrons. The maximum Gasteiger partial charge on any atom is 0.293 e. The zero-order chi connectivity index (χ0) is 21.2. The Morgan fingerprint density at radius 1 is 0.935 bits per heavy atom. The zero-order valence-corrected chi connectivity index (χ0v) is 16.7. The number of fused-ring (bicyclic) bond motifs is 1. The molecule has 0 aliphatic carbocycles. The Hall–Kier alpha value is -4.39. The fourth-order valence-electron chi connectivity index (χ4n) is 3.34. The van der Waals surface area contributed by atoms with Gasteiger partial charge in [0.15, 0.2) is 5.82 Å². The number of anilines is 1. The van der Waals surface area contributed by atoms with Crippen LogP contribution in [-0.4, -0.2) is 25.8 Å². The zero-order valence-electron chi connectivity index (χ0n) is 16.7. The third kappa shape index (κ3) is 3.89. The Balaban J connectivity index is 1.34. The first-order valence-electron chi connectivity index (χ1n) is 9.81. The van der Waals surface area contributed by atoms with Crippen LogP contribution in [0.2, 0.25) is 0 Å². The van der Waals surface area contributed by atoms with E-state index in [1.54, 1.807) is 6.20 Å². The highest BCUT2D eigenvalue weighted by Crippen LogP contribution is 2.26. The van der Waals surface area contributed by atoms with Crippen LogP contribution in [0.15, 0.2) is 79.0 Å². The summed E-state index contributed by atoms with van der Waals surface area (Å²) >= 11 is 0. The molecule has 1 amide bonds. The molecule has 3 aromatic carbocycles. The number of rotatable bonds is 5. The molecule has 0 radical (unpaired) electrons. The highest BCUT2D eigenvalue weighted by Gasteiger charge is 2.14. The second-order valence-corrected chi connectivity index (χ2v) is 7.10. The van der Waals surface area contributed by atoms with E-state index in [-0.39, 0.29) is 11.7 Å². The second kappa shape index (κ2) is 7.79. The Morgan fingerprint density at radius 3 is 2.58 bits per heavy atom. The van der Waals surface area contributed by atoms with Gasteiger partial charge in [0.25, 0.3) is 5.91 Å². The third-order valence-electron chi connectivity index (χ3n) is 4.86. The number of amides is 1. The number of carbonyl (C=O) groups excluding carboxylic acids is 1. The lowest BCUT2D eigenvalue weighted by molar-refractivity contribution is 0.101. The van der Waals surface area contributed by atoms with E-state index in [2.05, 4.69) is 25.3 Å². The van der Waals surface area contributed by atoms with Crippen LogP contribution in [0.5, 0.6) is 11.5 Å². The van der Waals surface area contributed by atoms with E-state index in [1.165, 1.54) is 0 Å². The van der Waals surface area contributed by atoms with E-state index >= 15 is 0 Å². The molecule has 0 saturated heterocycles. The molecule has 0 unspecified atom stereocenters. The summed E-state index contributed by atoms with van der Waals surface area (Å²) in [5, 5.41) is 2.76. The largest absolute Gasteiger partial charge is 0.457 e. The maximum atomic E-state index is 12.6. The number of hydrogen-bond donors (Lipinski definition) is 3. The van der Waals surface area contributed by atoms with Crippen LogP contribution in [0.25, 0.3) is 22.3 Å². The number of aromatic nitrogens is 4. The first-order valence-corrected chi connectivity index (χ1v) is 9.81. The first kappa shape index (κ1) is 18.6. The van der Waals surface area contributed by atoms with Gasteiger partial charge in [-0.25, -0.2) is 9.97 Å². The lowest BCUT2D eigenvalue weighted by Crippen LogP contribution is -2.14. The summed E-state index contributed by atoms with van der Waals surface area (Å²) in [6.45, 7) is 1.98. The van der Waals surface area contributed by atoms with Gasteiger partial charge in [-0.2, -0.15) is 0 Å². The van der Waals surface area contributed by atoms with Crippen molar-refractivity contribution in [3.8, 4) is 22.8 Å². The van der Waals surface area contributed by atoms with Gasteiger partial charge in [0.2, 0.25) is 5.95 Å². The van der Waals surface area contributed by atoms with Gasteiger partial charge < -0.3 is 14.7 Å². The number of benzene rings is 3. The number of hydrogen-bond acceptors (Lipinski definition) is 4. The Bertz CT molecular complexity index is 1370. The van der Waals surface area contributed by atoms with Crippen molar-refractivity contribution >= 4 is 22.9 Å². The van der Waals surface area contributed by atoms with E-state index in [4.69, 9.17) is 4.74 Å². The van der Waals surface area contributed by atoms with Crippen LogP contribution in [-0.2, 0) is 0 Å². The monoisotopic (exact) mass is 409 g/mol. The van der Waals surface area contributed by atoms with Crippen molar-refractivity contribution in [2.45, 2.75) is 6.92 Å². The van der Waals surface area contributed by atoms with Gasteiger partial charge in [0.1, 0.15) is 11.5 Å². The smallest absolute Gasteiger partial charge is 0.293 e. The van der Waals surface area contributed by atoms with Crippen molar-refractivity contribution in [2.75, 3.05) is 5.32 Å². The number of para-hydroxylation sites is 2. The molecule has 0 spiro atoms. The van der Waals surface area contributed by atoms with Gasteiger partial charge in [0.05, 0.1) is 22.9 Å². The number of imidazole rings is 2. The molecule has 0 aliphatic rings. The Morgan fingerprint density at radius 2 is 1.74 bits per heavy atom. The van der Waals surface area contributed by atoms with E-state index in [9.17, 15) is 4.79 Å². The molecule has 0 fully saturated rings. The summed E-state index contributed by atoms with van der Waals surface area (Å²) in [7, 11) is 0. The standard InChI is InChI=1S/C24H19N5O2/c1-15-7-5-12-19-21(15)28-24(27-19)29-23(30)22-25-14-20(26-22)16-8-6-11-18(13-16)31-17-9-3-2-4-10-17/h2-14H,1H3,(H,25,26)(H2,27,28,29,30). The van der Waals surface area contributed by atoms with Crippen LogP contribution in [0, 0.1) is 6.92 Å². The van der Waals surface area contributed by atoms with E-state index in [0.29, 0.717) is 17.4 Å². The highest BCUT2D eigenvalue weighted by atomic mass is 16.5. The average Bonchev–Trinajstić information content (AvgIpc) is 3.43. The predicted octanol–water partition coefficient (Wildman–Crippen LogP) is 5.31. The fraction of sp³-hybridized carbons (Fsp3) is 0.0417. The quantitative estimate of drug-likeness (QED) is 0.367. The Kier molecular flexibility index (Phi) is 4.68. The van der Waals surface area contributed by atoms with Crippen LogP contribution < -0.4 is 10.1 Å². The number of carbonyl (C=O) groups is 1. The first-order chi connectivity index (χ1) is 15.2. The minimum absolute atomic E-state index is 0.196. The topological polar surface area (TPSA) is 95.7 Å². The highest BCUT2D eigenvalue weighted by molar-refractivity contribution is 6.01. The summed E-state index contributed by atoms with van der Waals surface area (Å²) in [5.74, 6) is 1.65. The number of ether oxygens (including phenoxy) is 1. The summed E-state index contributed by atoms with van der Waals surface area (Å²) in [6.07, 6.45) is 1.62. The van der Waals surface area contributed by atoms with Crippen molar-refractivity contribution < 1.29 is 9.53 Å². The number of aromatic amines is 2. The van der Waals surface area contributed by atoms with Crippen LogP contribution in [0.4, 0.5) is 5.95 Å². The number of nitrogens with one attached hydrogen (secondary N) is 3. The molecule has 0 bridgehead atoms. The van der Waals surface area contributed by atoms with Gasteiger partial charge in [-0.1, -0.05) is 42.5 Å². The molecular formula is C24H19N5O2. The number of aryl methyl sites for hydroxylation is 1. The van der Waals surface area contributed by atoms with Gasteiger partial charge >= 0.3 is 0 Å². The van der Waals surface area contributed by atoms with Gasteiger partial charge in [0, 0.05) is 5.56 Å².